The Morgan fingerprint density at radius 3 is 2.52 bits per heavy atom. The van der Waals surface area contributed by atoms with Gasteiger partial charge < -0.3 is 4.74 Å². The lowest BCUT2D eigenvalue weighted by molar-refractivity contribution is 0.0575. The molecule has 0 amide bonds. The summed E-state index contributed by atoms with van der Waals surface area (Å²) in [4.78, 5) is 15.3. The van der Waals surface area contributed by atoms with E-state index in [2.05, 4.69) is 11.8 Å². The fourth-order valence-electron chi connectivity index (χ4n) is 2.92. The molecule has 21 heavy (non-hydrogen) atoms. The van der Waals surface area contributed by atoms with Crippen molar-refractivity contribution in [2.75, 3.05) is 19.7 Å². The molecule has 0 unspecified atom stereocenters. The standard InChI is InChI=1S/C18H27NO2/c1-4-14-21-16-11-7-6-10-15(16)17(20)18(2,3)19-12-8-5-9-13-19/h6-7,10-11H,4-5,8-9,12-14H2,1-3H3. The zero-order valence-corrected chi connectivity index (χ0v) is 13.5. The van der Waals surface area contributed by atoms with E-state index >= 15 is 0 Å². The fourth-order valence-corrected chi connectivity index (χ4v) is 2.92. The van der Waals surface area contributed by atoms with Gasteiger partial charge in [0.2, 0.25) is 0 Å². The molecule has 2 rings (SSSR count). The highest BCUT2D eigenvalue weighted by atomic mass is 16.5. The van der Waals surface area contributed by atoms with E-state index < -0.39 is 5.54 Å². The first-order valence-corrected chi connectivity index (χ1v) is 8.09. The van der Waals surface area contributed by atoms with Gasteiger partial charge in [-0.15, -0.1) is 0 Å². The molecule has 1 aliphatic heterocycles. The molecule has 1 aliphatic rings. The first kappa shape index (κ1) is 16.0. The molecule has 116 valence electrons. The first-order chi connectivity index (χ1) is 10.1. The SMILES string of the molecule is CCCOc1ccccc1C(=O)C(C)(C)N1CCCCC1. The van der Waals surface area contributed by atoms with E-state index in [0.717, 1.165) is 25.3 Å². The summed E-state index contributed by atoms with van der Waals surface area (Å²) in [6.45, 7) is 8.82. The van der Waals surface area contributed by atoms with E-state index in [1.54, 1.807) is 0 Å². The molecular weight excluding hydrogens is 262 g/mol. The van der Waals surface area contributed by atoms with Crippen LogP contribution in [0.15, 0.2) is 24.3 Å². The molecule has 0 saturated carbocycles. The van der Waals surface area contributed by atoms with Crippen molar-refractivity contribution < 1.29 is 9.53 Å². The van der Waals surface area contributed by atoms with Gasteiger partial charge in [-0.3, -0.25) is 9.69 Å². The topological polar surface area (TPSA) is 29.5 Å². The molecule has 0 atom stereocenters. The minimum absolute atomic E-state index is 0.163. The number of hydrogen-bond donors (Lipinski definition) is 0. The minimum atomic E-state index is -0.466. The average molecular weight is 289 g/mol. The molecule has 0 spiro atoms. The van der Waals surface area contributed by atoms with Crippen molar-refractivity contribution in [2.45, 2.75) is 52.0 Å². The lowest BCUT2D eigenvalue weighted by Crippen LogP contribution is -2.52. The number of para-hydroxylation sites is 1. The number of carbonyl (C=O) groups excluding carboxylic acids is 1. The molecule has 1 aromatic carbocycles. The third-order valence-corrected chi connectivity index (χ3v) is 4.30. The number of carbonyl (C=O) groups is 1. The summed E-state index contributed by atoms with van der Waals surface area (Å²) in [6.07, 6.45) is 4.59. The first-order valence-electron chi connectivity index (χ1n) is 8.09. The maximum atomic E-state index is 13.0. The van der Waals surface area contributed by atoms with E-state index in [1.165, 1.54) is 19.3 Å². The molecule has 1 fully saturated rings. The van der Waals surface area contributed by atoms with Crippen molar-refractivity contribution in [3.05, 3.63) is 29.8 Å². The number of rotatable bonds is 6. The van der Waals surface area contributed by atoms with Crippen LogP contribution in [0.2, 0.25) is 0 Å². The zero-order valence-electron chi connectivity index (χ0n) is 13.5. The second kappa shape index (κ2) is 7.08. The van der Waals surface area contributed by atoms with Gasteiger partial charge in [0.1, 0.15) is 5.75 Å². The van der Waals surface area contributed by atoms with Crippen LogP contribution in [0, 0.1) is 0 Å². The molecule has 0 aromatic heterocycles. The van der Waals surface area contributed by atoms with Crippen molar-refractivity contribution >= 4 is 5.78 Å². The van der Waals surface area contributed by atoms with Crippen molar-refractivity contribution in [1.29, 1.82) is 0 Å². The maximum absolute atomic E-state index is 13.0. The second-order valence-electron chi connectivity index (χ2n) is 6.28. The number of benzene rings is 1. The highest BCUT2D eigenvalue weighted by Crippen LogP contribution is 2.28. The molecule has 0 N–H and O–H groups in total. The number of ketones is 1. The number of ether oxygens (including phenoxy) is 1. The minimum Gasteiger partial charge on any atom is -0.493 e. The van der Waals surface area contributed by atoms with Gasteiger partial charge in [0, 0.05) is 0 Å². The van der Waals surface area contributed by atoms with Crippen LogP contribution >= 0.6 is 0 Å². The van der Waals surface area contributed by atoms with Gasteiger partial charge in [-0.25, -0.2) is 0 Å². The monoisotopic (exact) mass is 289 g/mol. The van der Waals surface area contributed by atoms with Crippen LogP contribution in [-0.2, 0) is 0 Å². The van der Waals surface area contributed by atoms with Crippen molar-refractivity contribution in [2.24, 2.45) is 0 Å². The van der Waals surface area contributed by atoms with Crippen molar-refractivity contribution in [3.8, 4) is 5.75 Å². The summed E-state index contributed by atoms with van der Waals surface area (Å²) in [5, 5.41) is 0. The van der Waals surface area contributed by atoms with Gasteiger partial charge in [-0.1, -0.05) is 25.5 Å². The highest BCUT2D eigenvalue weighted by Gasteiger charge is 2.36. The van der Waals surface area contributed by atoms with Gasteiger partial charge in [0.05, 0.1) is 17.7 Å². The van der Waals surface area contributed by atoms with Gasteiger partial charge in [0.15, 0.2) is 5.78 Å². The smallest absolute Gasteiger partial charge is 0.186 e. The molecule has 0 radical (unpaired) electrons. The number of likely N-dealkylation sites (tertiary alicyclic amines) is 1. The van der Waals surface area contributed by atoms with E-state index in [0.29, 0.717) is 12.2 Å². The summed E-state index contributed by atoms with van der Waals surface area (Å²) < 4.78 is 5.75. The maximum Gasteiger partial charge on any atom is 0.186 e. The van der Waals surface area contributed by atoms with Crippen LogP contribution in [0.3, 0.4) is 0 Å². The Morgan fingerprint density at radius 1 is 1.19 bits per heavy atom. The summed E-state index contributed by atoms with van der Waals surface area (Å²) in [7, 11) is 0. The Hall–Kier alpha value is -1.35. The number of nitrogens with zero attached hydrogens (tertiary/aromatic N) is 1. The highest BCUT2D eigenvalue weighted by molar-refractivity contribution is 6.04. The predicted octanol–water partition coefficient (Wildman–Crippen LogP) is 3.92. The quantitative estimate of drug-likeness (QED) is 0.743. The predicted molar refractivity (Wildman–Crippen MR) is 86.1 cm³/mol. The second-order valence-corrected chi connectivity index (χ2v) is 6.28. The third-order valence-electron chi connectivity index (χ3n) is 4.30. The summed E-state index contributed by atoms with van der Waals surface area (Å²) in [5.74, 6) is 0.880. The Bertz CT molecular complexity index is 476. The van der Waals surface area contributed by atoms with E-state index in [9.17, 15) is 4.79 Å². The molecule has 1 aromatic rings. The molecular formula is C18H27NO2. The van der Waals surface area contributed by atoms with Gasteiger partial charge >= 0.3 is 0 Å². The van der Waals surface area contributed by atoms with Crippen molar-refractivity contribution in [1.82, 2.24) is 4.90 Å². The van der Waals surface area contributed by atoms with Gasteiger partial charge in [-0.05, 0) is 58.3 Å². The fraction of sp³-hybridized carbons (Fsp3) is 0.611. The van der Waals surface area contributed by atoms with Crippen LogP contribution in [0.25, 0.3) is 0 Å². The van der Waals surface area contributed by atoms with Gasteiger partial charge in [-0.2, -0.15) is 0 Å². The van der Waals surface area contributed by atoms with Crippen molar-refractivity contribution in [3.63, 3.8) is 0 Å². The van der Waals surface area contributed by atoms with Crippen LogP contribution in [0.1, 0.15) is 56.8 Å². The normalized spacial score (nSPS) is 16.7. The summed E-state index contributed by atoms with van der Waals surface area (Å²) in [6, 6.07) is 7.63. The van der Waals surface area contributed by atoms with E-state index in [-0.39, 0.29) is 5.78 Å². The molecule has 1 saturated heterocycles. The van der Waals surface area contributed by atoms with Crippen LogP contribution < -0.4 is 4.74 Å². The van der Waals surface area contributed by atoms with Crippen LogP contribution in [0.4, 0.5) is 0 Å². The zero-order chi connectivity index (χ0) is 15.3. The summed E-state index contributed by atoms with van der Waals surface area (Å²) in [5.41, 5.74) is 0.244. The van der Waals surface area contributed by atoms with E-state index in [1.807, 2.05) is 38.1 Å². The van der Waals surface area contributed by atoms with E-state index in [4.69, 9.17) is 4.74 Å². The number of Topliss-reactive ketones (excluding diaryl/α,β-unsaturated/α-hetero) is 1. The number of piperidine rings is 1. The molecule has 3 nitrogen and oxygen atoms in total. The summed E-state index contributed by atoms with van der Waals surface area (Å²) >= 11 is 0. The molecule has 3 heteroatoms. The molecule has 0 aliphatic carbocycles. The Balaban J connectivity index is 2.21. The Morgan fingerprint density at radius 2 is 1.86 bits per heavy atom. The molecule has 1 heterocycles. The Kier molecular flexibility index (Phi) is 5.40. The average Bonchev–Trinajstić information content (AvgIpc) is 2.53. The Labute approximate surface area is 128 Å². The van der Waals surface area contributed by atoms with Gasteiger partial charge in [0.25, 0.3) is 0 Å². The largest absolute Gasteiger partial charge is 0.493 e. The van der Waals surface area contributed by atoms with Crippen LogP contribution in [-0.4, -0.2) is 35.9 Å². The lowest BCUT2D eigenvalue weighted by Gasteiger charge is -2.40. The third kappa shape index (κ3) is 3.65. The number of hydrogen-bond acceptors (Lipinski definition) is 3. The molecule has 0 bridgehead atoms. The van der Waals surface area contributed by atoms with Crippen LogP contribution in [0.5, 0.6) is 5.75 Å². The lowest BCUT2D eigenvalue weighted by atomic mass is 9.89.